The summed E-state index contributed by atoms with van der Waals surface area (Å²) in [7, 11) is 0. The van der Waals surface area contributed by atoms with Crippen molar-refractivity contribution in [1.82, 2.24) is 9.88 Å². The van der Waals surface area contributed by atoms with Crippen LogP contribution in [0.1, 0.15) is 45.3 Å². The van der Waals surface area contributed by atoms with Gasteiger partial charge in [-0.1, -0.05) is 34.6 Å². The fourth-order valence-electron chi connectivity index (χ4n) is 1.69. The minimum atomic E-state index is -0.743. The van der Waals surface area contributed by atoms with E-state index in [1.807, 2.05) is 6.92 Å². The van der Waals surface area contributed by atoms with E-state index in [2.05, 4.69) is 36.0 Å². The van der Waals surface area contributed by atoms with Gasteiger partial charge in [-0.3, -0.25) is 9.69 Å². The normalized spacial score (nSPS) is 13.8. The molecule has 1 rings (SSSR count). The summed E-state index contributed by atoms with van der Waals surface area (Å²) < 4.78 is 0. The number of thiazole rings is 1. The van der Waals surface area contributed by atoms with Crippen molar-refractivity contribution in [2.45, 2.75) is 46.6 Å². The van der Waals surface area contributed by atoms with E-state index in [0.717, 1.165) is 23.8 Å². The maximum absolute atomic E-state index is 10.9. The van der Waals surface area contributed by atoms with E-state index in [1.165, 1.54) is 0 Å². The van der Waals surface area contributed by atoms with Gasteiger partial charge < -0.3 is 5.11 Å². The molecular formula is C14H24N2O2S. The Hall–Kier alpha value is -0.940. The molecule has 4 nitrogen and oxygen atoms in total. The third-order valence-corrected chi connectivity index (χ3v) is 3.91. The summed E-state index contributed by atoms with van der Waals surface area (Å²) in [6, 6.07) is 0. The Morgan fingerprint density at radius 3 is 2.58 bits per heavy atom. The van der Waals surface area contributed by atoms with Crippen LogP contribution in [0.5, 0.6) is 0 Å². The summed E-state index contributed by atoms with van der Waals surface area (Å²) in [6.45, 7) is 12.4. The van der Waals surface area contributed by atoms with Gasteiger partial charge in [0.25, 0.3) is 0 Å². The first-order chi connectivity index (χ1) is 8.74. The van der Waals surface area contributed by atoms with Gasteiger partial charge in [-0.15, -0.1) is 11.3 Å². The third kappa shape index (κ3) is 4.91. The molecule has 1 unspecified atom stereocenters. The molecule has 0 saturated carbocycles. The Kier molecular flexibility index (Phi) is 5.50. The van der Waals surface area contributed by atoms with Gasteiger partial charge in [0.15, 0.2) is 0 Å². The molecule has 0 aliphatic rings. The van der Waals surface area contributed by atoms with Gasteiger partial charge >= 0.3 is 5.97 Å². The fourth-order valence-corrected chi connectivity index (χ4v) is 2.75. The van der Waals surface area contributed by atoms with E-state index in [-0.39, 0.29) is 11.3 Å². The maximum Gasteiger partial charge on any atom is 0.307 e. The molecule has 1 N–H and O–H groups in total. The average molecular weight is 284 g/mol. The second-order valence-electron chi connectivity index (χ2n) is 5.94. The van der Waals surface area contributed by atoms with Gasteiger partial charge in [-0.2, -0.15) is 0 Å². The second kappa shape index (κ2) is 6.48. The Morgan fingerprint density at radius 2 is 2.16 bits per heavy atom. The molecule has 0 aromatic carbocycles. The van der Waals surface area contributed by atoms with Crippen LogP contribution in [0.3, 0.4) is 0 Å². The van der Waals surface area contributed by atoms with Crippen LogP contribution in [-0.2, 0) is 16.8 Å². The number of aromatic nitrogens is 1. The lowest BCUT2D eigenvalue weighted by molar-refractivity contribution is -0.141. The van der Waals surface area contributed by atoms with Crippen molar-refractivity contribution in [1.29, 1.82) is 0 Å². The van der Waals surface area contributed by atoms with Crippen molar-refractivity contribution in [3.63, 3.8) is 0 Å². The van der Waals surface area contributed by atoms with Crippen LogP contribution in [0.25, 0.3) is 0 Å². The van der Waals surface area contributed by atoms with Crippen molar-refractivity contribution in [2.75, 3.05) is 13.1 Å². The molecule has 0 aliphatic carbocycles. The number of carbonyl (C=O) groups is 1. The fraction of sp³-hybridized carbons (Fsp3) is 0.714. The standard InChI is InChI=1S/C14H24N2O2S/c1-6-16(7-10(2)13(17)18)8-12-15-11(9-19-12)14(3,4)5/h9-10H,6-8H2,1-5H3,(H,17,18). The molecule has 0 bridgehead atoms. The molecule has 0 spiro atoms. The van der Waals surface area contributed by atoms with Gasteiger partial charge in [0.1, 0.15) is 5.01 Å². The lowest BCUT2D eigenvalue weighted by Gasteiger charge is -2.21. The van der Waals surface area contributed by atoms with Crippen molar-refractivity contribution in [2.24, 2.45) is 5.92 Å². The van der Waals surface area contributed by atoms with Crippen molar-refractivity contribution in [3.05, 3.63) is 16.1 Å². The zero-order valence-electron chi connectivity index (χ0n) is 12.4. The third-order valence-electron chi connectivity index (χ3n) is 3.08. The summed E-state index contributed by atoms with van der Waals surface area (Å²) in [5.41, 5.74) is 1.18. The number of hydrogen-bond donors (Lipinski definition) is 1. The SMILES string of the molecule is CCN(Cc1nc(C(C)(C)C)cs1)CC(C)C(=O)O. The average Bonchev–Trinajstić information content (AvgIpc) is 2.76. The lowest BCUT2D eigenvalue weighted by atomic mass is 9.93. The minimum Gasteiger partial charge on any atom is -0.481 e. The number of carboxylic acid groups (broad SMARTS) is 1. The number of nitrogens with zero attached hydrogens (tertiary/aromatic N) is 2. The monoisotopic (exact) mass is 284 g/mol. The largest absolute Gasteiger partial charge is 0.481 e. The molecule has 1 atom stereocenters. The highest BCUT2D eigenvalue weighted by molar-refractivity contribution is 7.09. The molecule has 0 fully saturated rings. The Bertz CT molecular complexity index is 423. The first-order valence-corrected chi connectivity index (χ1v) is 7.52. The van der Waals surface area contributed by atoms with Crippen LogP contribution in [-0.4, -0.2) is 34.0 Å². The first kappa shape index (κ1) is 16.1. The van der Waals surface area contributed by atoms with Gasteiger partial charge in [-0.05, 0) is 6.54 Å². The molecule has 19 heavy (non-hydrogen) atoms. The van der Waals surface area contributed by atoms with Crippen molar-refractivity contribution in [3.8, 4) is 0 Å². The summed E-state index contributed by atoms with van der Waals surface area (Å²) in [5.74, 6) is -1.09. The number of hydrogen-bond acceptors (Lipinski definition) is 4. The van der Waals surface area contributed by atoms with Crippen LogP contribution in [0.2, 0.25) is 0 Å². The zero-order chi connectivity index (χ0) is 14.6. The molecular weight excluding hydrogens is 260 g/mol. The van der Waals surface area contributed by atoms with Gasteiger partial charge in [-0.25, -0.2) is 4.98 Å². The predicted octanol–water partition coefficient (Wildman–Crippen LogP) is 2.98. The van der Waals surface area contributed by atoms with Crippen LogP contribution >= 0.6 is 11.3 Å². The van der Waals surface area contributed by atoms with Crippen LogP contribution in [0.4, 0.5) is 0 Å². The number of rotatable bonds is 6. The van der Waals surface area contributed by atoms with E-state index in [9.17, 15) is 4.79 Å². The predicted molar refractivity (Wildman–Crippen MR) is 78.6 cm³/mol. The lowest BCUT2D eigenvalue weighted by Crippen LogP contribution is -2.31. The van der Waals surface area contributed by atoms with Crippen LogP contribution < -0.4 is 0 Å². The molecule has 1 aromatic rings. The Labute approximate surface area is 119 Å². The summed E-state index contributed by atoms with van der Waals surface area (Å²) >= 11 is 1.66. The van der Waals surface area contributed by atoms with E-state index in [1.54, 1.807) is 18.3 Å². The highest BCUT2D eigenvalue weighted by Crippen LogP contribution is 2.24. The summed E-state index contributed by atoms with van der Waals surface area (Å²) in [4.78, 5) is 17.7. The molecule has 108 valence electrons. The van der Waals surface area contributed by atoms with E-state index < -0.39 is 5.97 Å². The molecule has 5 heteroatoms. The van der Waals surface area contributed by atoms with E-state index in [4.69, 9.17) is 5.11 Å². The van der Waals surface area contributed by atoms with Gasteiger partial charge in [0.05, 0.1) is 18.2 Å². The van der Waals surface area contributed by atoms with Gasteiger partial charge in [0.2, 0.25) is 0 Å². The van der Waals surface area contributed by atoms with Crippen LogP contribution in [0, 0.1) is 5.92 Å². The molecule has 0 saturated heterocycles. The second-order valence-corrected chi connectivity index (χ2v) is 6.89. The molecule has 1 aromatic heterocycles. The quantitative estimate of drug-likeness (QED) is 0.872. The Balaban J connectivity index is 2.66. The smallest absolute Gasteiger partial charge is 0.307 e. The summed E-state index contributed by atoms with van der Waals surface area (Å²) in [5, 5.41) is 12.1. The Morgan fingerprint density at radius 1 is 1.53 bits per heavy atom. The van der Waals surface area contributed by atoms with E-state index in [0.29, 0.717) is 6.54 Å². The van der Waals surface area contributed by atoms with Gasteiger partial charge in [0, 0.05) is 17.3 Å². The molecule has 0 aliphatic heterocycles. The van der Waals surface area contributed by atoms with Crippen molar-refractivity contribution >= 4 is 17.3 Å². The highest BCUT2D eigenvalue weighted by Gasteiger charge is 2.19. The first-order valence-electron chi connectivity index (χ1n) is 6.64. The number of aliphatic carboxylic acids is 1. The zero-order valence-corrected chi connectivity index (χ0v) is 13.3. The minimum absolute atomic E-state index is 0.0696. The topological polar surface area (TPSA) is 53.4 Å². The molecule has 1 heterocycles. The maximum atomic E-state index is 10.9. The van der Waals surface area contributed by atoms with Crippen molar-refractivity contribution < 1.29 is 9.90 Å². The van der Waals surface area contributed by atoms with E-state index >= 15 is 0 Å². The number of carboxylic acids is 1. The van der Waals surface area contributed by atoms with Crippen LogP contribution in [0.15, 0.2) is 5.38 Å². The molecule has 0 radical (unpaired) electrons. The summed E-state index contributed by atoms with van der Waals surface area (Å²) in [6.07, 6.45) is 0. The molecule has 0 amide bonds. The highest BCUT2D eigenvalue weighted by atomic mass is 32.1.